The molecule has 162 valence electrons. The molecule has 0 aromatic carbocycles. The number of sulfonamides is 1. The van der Waals surface area contributed by atoms with Gasteiger partial charge in [0.1, 0.15) is 10.0 Å². The molecule has 0 unspecified atom stereocenters. The molecule has 1 rings (SSSR count). The monoisotopic (exact) mass is 461 g/mol. The molecule has 0 fully saturated rings. The SMILES string of the molecule is CCN(C(=O)CCC(F)(C(F)(F)F)C(F)(F)F)S(=O)(=O)c1c(C)nn(C)c1Cl. The maximum atomic E-state index is 13.7. The third-order valence-corrected chi connectivity index (χ3v) is 6.39. The van der Waals surface area contributed by atoms with E-state index in [2.05, 4.69) is 5.10 Å². The van der Waals surface area contributed by atoms with Crippen molar-refractivity contribution in [2.75, 3.05) is 6.54 Å². The van der Waals surface area contributed by atoms with Crippen LogP contribution in [0.2, 0.25) is 5.15 Å². The lowest BCUT2D eigenvalue weighted by Crippen LogP contribution is -2.53. The maximum absolute atomic E-state index is 13.7. The molecule has 0 saturated heterocycles. The van der Waals surface area contributed by atoms with E-state index in [0.29, 0.717) is 0 Å². The molecule has 6 nitrogen and oxygen atoms in total. The zero-order valence-corrected chi connectivity index (χ0v) is 16.2. The van der Waals surface area contributed by atoms with Crippen LogP contribution < -0.4 is 0 Å². The summed E-state index contributed by atoms with van der Waals surface area (Å²) in [5, 5.41) is 3.29. The summed E-state index contributed by atoms with van der Waals surface area (Å²) in [4.78, 5) is 11.5. The number of carbonyl (C=O) groups excluding carboxylic acids is 1. The summed E-state index contributed by atoms with van der Waals surface area (Å²) in [5.41, 5.74) is -5.81. The number of carbonyl (C=O) groups is 1. The zero-order valence-electron chi connectivity index (χ0n) is 14.6. The summed E-state index contributed by atoms with van der Waals surface area (Å²) in [5.74, 6) is -1.66. The van der Waals surface area contributed by atoms with Gasteiger partial charge in [0.2, 0.25) is 5.91 Å². The second kappa shape index (κ2) is 7.69. The Kier molecular flexibility index (Phi) is 6.72. The van der Waals surface area contributed by atoms with Crippen molar-refractivity contribution >= 4 is 27.5 Å². The second-order valence-corrected chi connectivity index (χ2v) is 7.85. The summed E-state index contributed by atoms with van der Waals surface area (Å²) >= 11 is 5.80. The summed E-state index contributed by atoms with van der Waals surface area (Å²) in [6.45, 7) is 1.70. The molecule has 0 radical (unpaired) electrons. The minimum absolute atomic E-state index is 0.0239. The number of halogens is 8. The van der Waals surface area contributed by atoms with Crippen LogP contribution in [0.3, 0.4) is 0 Å². The van der Waals surface area contributed by atoms with Gasteiger partial charge in [-0.05, 0) is 13.8 Å². The van der Waals surface area contributed by atoms with E-state index < -0.39 is 63.4 Å². The highest BCUT2D eigenvalue weighted by Crippen LogP contribution is 2.49. The highest BCUT2D eigenvalue weighted by molar-refractivity contribution is 7.89. The number of hydrogen-bond acceptors (Lipinski definition) is 4. The van der Waals surface area contributed by atoms with Gasteiger partial charge in [-0.2, -0.15) is 31.4 Å². The first-order valence-electron chi connectivity index (χ1n) is 7.48. The van der Waals surface area contributed by atoms with Crippen molar-refractivity contribution in [3.63, 3.8) is 0 Å². The number of hydrogen-bond donors (Lipinski definition) is 0. The van der Waals surface area contributed by atoms with E-state index in [-0.39, 0.29) is 10.00 Å². The van der Waals surface area contributed by atoms with Crippen molar-refractivity contribution in [2.45, 2.75) is 49.6 Å². The Morgan fingerprint density at radius 3 is 1.93 bits per heavy atom. The third kappa shape index (κ3) is 4.21. The van der Waals surface area contributed by atoms with Crippen LogP contribution in [-0.4, -0.2) is 53.0 Å². The molecule has 1 heterocycles. The van der Waals surface area contributed by atoms with E-state index in [1.165, 1.54) is 14.0 Å². The number of aromatic nitrogens is 2. The van der Waals surface area contributed by atoms with Crippen molar-refractivity contribution < 1.29 is 43.9 Å². The molecular formula is C13H15ClF7N3O3S. The molecule has 0 N–H and O–H groups in total. The van der Waals surface area contributed by atoms with E-state index in [9.17, 15) is 43.9 Å². The predicted molar refractivity (Wildman–Crippen MR) is 82.7 cm³/mol. The van der Waals surface area contributed by atoms with Gasteiger partial charge in [-0.25, -0.2) is 17.1 Å². The van der Waals surface area contributed by atoms with Crippen LogP contribution in [0.15, 0.2) is 4.90 Å². The number of nitrogens with zero attached hydrogens (tertiary/aromatic N) is 3. The van der Waals surface area contributed by atoms with E-state index in [1.54, 1.807) is 0 Å². The van der Waals surface area contributed by atoms with E-state index >= 15 is 0 Å². The van der Waals surface area contributed by atoms with E-state index in [1.807, 2.05) is 0 Å². The van der Waals surface area contributed by atoms with Gasteiger partial charge in [-0.3, -0.25) is 9.48 Å². The fourth-order valence-corrected chi connectivity index (χ4v) is 4.49. The third-order valence-electron chi connectivity index (χ3n) is 3.80. The zero-order chi connectivity index (χ0) is 22.3. The molecule has 0 bridgehead atoms. The first kappa shape index (κ1) is 24.5. The van der Waals surface area contributed by atoms with Crippen molar-refractivity contribution in [1.82, 2.24) is 14.1 Å². The maximum Gasteiger partial charge on any atom is 0.431 e. The molecular weight excluding hydrogens is 447 g/mol. The molecule has 0 aliphatic heterocycles. The van der Waals surface area contributed by atoms with Gasteiger partial charge in [0.25, 0.3) is 15.7 Å². The summed E-state index contributed by atoms with van der Waals surface area (Å²) in [7, 11) is -3.47. The highest BCUT2D eigenvalue weighted by atomic mass is 35.5. The molecule has 0 saturated carbocycles. The molecule has 0 atom stereocenters. The summed E-state index contributed by atoms with van der Waals surface area (Å²) in [6.07, 6.45) is -16.7. The fourth-order valence-electron chi connectivity index (χ4n) is 2.34. The molecule has 1 aromatic heterocycles. The highest BCUT2D eigenvalue weighted by Gasteiger charge is 2.72. The van der Waals surface area contributed by atoms with Crippen molar-refractivity contribution in [1.29, 1.82) is 0 Å². The topological polar surface area (TPSA) is 72.3 Å². The van der Waals surface area contributed by atoms with Crippen LogP contribution in [-0.2, 0) is 21.9 Å². The van der Waals surface area contributed by atoms with Crippen LogP contribution in [0.5, 0.6) is 0 Å². The quantitative estimate of drug-likeness (QED) is 0.608. The average molecular weight is 462 g/mol. The lowest BCUT2D eigenvalue weighted by atomic mass is 9.98. The number of aryl methyl sites for hydroxylation is 2. The summed E-state index contributed by atoms with van der Waals surface area (Å²) < 4.78 is 115. The Morgan fingerprint density at radius 1 is 1.14 bits per heavy atom. The van der Waals surface area contributed by atoms with Gasteiger partial charge in [0.15, 0.2) is 0 Å². The van der Waals surface area contributed by atoms with E-state index in [0.717, 1.165) is 11.6 Å². The van der Waals surface area contributed by atoms with Crippen molar-refractivity contribution in [2.24, 2.45) is 7.05 Å². The fraction of sp³-hybridized carbons (Fsp3) is 0.692. The molecule has 1 aromatic rings. The first-order chi connectivity index (χ1) is 12.4. The minimum atomic E-state index is -6.34. The van der Waals surface area contributed by atoms with Gasteiger partial charge in [0.05, 0.1) is 5.69 Å². The van der Waals surface area contributed by atoms with Gasteiger partial charge < -0.3 is 0 Å². The number of amides is 1. The van der Waals surface area contributed by atoms with Crippen molar-refractivity contribution in [3.05, 3.63) is 10.8 Å². The first-order valence-corrected chi connectivity index (χ1v) is 9.30. The lowest BCUT2D eigenvalue weighted by Gasteiger charge is -2.30. The Hall–Kier alpha value is -1.57. The Bertz CT molecular complexity index is 835. The Labute approximate surface area is 160 Å². The second-order valence-electron chi connectivity index (χ2n) is 5.69. The van der Waals surface area contributed by atoms with E-state index in [4.69, 9.17) is 11.6 Å². The number of alkyl halides is 7. The smallest absolute Gasteiger partial charge is 0.274 e. The van der Waals surface area contributed by atoms with Crippen LogP contribution in [0, 0.1) is 6.92 Å². The molecule has 1 amide bonds. The van der Waals surface area contributed by atoms with Gasteiger partial charge in [0, 0.05) is 26.4 Å². The minimum Gasteiger partial charge on any atom is -0.274 e. The lowest BCUT2D eigenvalue weighted by molar-refractivity contribution is -0.343. The van der Waals surface area contributed by atoms with Crippen LogP contribution in [0.25, 0.3) is 0 Å². The molecule has 15 heteroatoms. The van der Waals surface area contributed by atoms with Gasteiger partial charge in [-0.1, -0.05) is 11.6 Å². The Balaban J connectivity index is 3.22. The molecule has 0 aliphatic carbocycles. The standard InChI is InChI=1S/C13H15ClF7N3O3S/c1-4-24(28(26,27)9-7(2)22-23(3)10(9)14)8(25)5-6-11(15,12(16,17)18)13(19,20)21/h4-6H2,1-3H3. The van der Waals surface area contributed by atoms with Crippen molar-refractivity contribution in [3.8, 4) is 0 Å². The molecule has 0 aliphatic rings. The molecule has 28 heavy (non-hydrogen) atoms. The van der Waals surface area contributed by atoms with Gasteiger partial charge >= 0.3 is 12.4 Å². The largest absolute Gasteiger partial charge is 0.431 e. The molecule has 0 spiro atoms. The predicted octanol–water partition coefficient (Wildman–Crippen LogP) is 3.53. The van der Waals surface area contributed by atoms with Crippen LogP contribution in [0.1, 0.15) is 25.5 Å². The average Bonchev–Trinajstić information content (AvgIpc) is 2.76. The van der Waals surface area contributed by atoms with Gasteiger partial charge in [-0.15, -0.1) is 0 Å². The van der Waals surface area contributed by atoms with Crippen LogP contribution >= 0.6 is 11.6 Å². The Morgan fingerprint density at radius 2 is 1.61 bits per heavy atom. The normalized spacial score (nSPS) is 13.7. The summed E-state index contributed by atoms with van der Waals surface area (Å²) in [6, 6.07) is 0. The number of rotatable bonds is 6. The van der Waals surface area contributed by atoms with Crippen LogP contribution in [0.4, 0.5) is 30.7 Å².